The van der Waals surface area contributed by atoms with Gasteiger partial charge in [-0.1, -0.05) is 44.1 Å². The molecule has 57 heavy (non-hydrogen) atoms. The van der Waals surface area contributed by atoms with Crippen LogP contribution < -0.4 is 4.72 Å². The van der Waals surface area contributed by atoms with E-state index in [1.54, 1.807) is 59.7 Å². The maximum Gasteiger partial charge on any atom is 0.311 e. The van der Waals surface area contributed by atoms with Gasteiger partial charge in [0, 0.05) is 19.4 Å². The zero-order valence-corrected chi connectivity index (χ0v) is 35.2. The van der Waals surface area contributed by atoms with Crippen molar-refractivity contribution in [2.75, 3.05) is 7.11 Å². The highest BCUT2D eigenvalue weighted by Crippen LogP contribution is 2.40. The largest absolute Gasteiger partial charge is 0.457 e. The van der Waals surface area contributed by atoms with E-state index in [4.69, 9.17) is 33.2 Å². The standard InChI is InChI=1S/C39H62N2O15S/c1-11-28-39(9,20-40-47)56-34(44)21(2)18-37(7,46)33(55-36-30(42)27(17-22(3)51-36)41-57(48,49)26-15-13-12-14-16-26)23(4)31(24(5)35(45)53-28)54-29-19-38(8,50-10)32(43)25(6)52-29/h12-16,20-25,27-33,36,41-43,46-47H,11,17-19H2,1-10H3/b40-20+/t21-,22-,23+,24-,25+,27+,28-,29+,30-,31+,32+,33-,36+,37-,38-,39-/m1/s1. The van der Waals surface area contributed by atoms with E-state index in [-0.39, 0.29) is 30.6 Å². The molecule has 5 N–H and O–H groups in total. The number of carbonyl (C=O) groups excluding carboxylic acids is 2. The highest BCUT2D eigenvalue weighted by Gasteiger charge is 2.53. The van der Waals surface area contributed by atoms with Crippen molar-refractivity contribution in [2.45, 2.75) is 171 Å². The molecule has 17 nitrogen and oxygen atoms in total. The van der Waals surface area contributed by atoms with Crippen molar-refractivity contribution >= 4 is 28.2 Å². The molecule has 3 heterocycles. The summed E-state index contributed by atoms with van der Waals surface area (Å²) in [5.74, 6) is -4.75. The Labute approximate surface area is 335 Å². The fraction of sp³-hybridized carbons (Fsp3) is 0.769. The van der Waals surface area contributed by atoms with Crippen molar-refractivity contribution in [3.05, 3.63) is 30.3 Å². The quantitative estimate of drug-likeness (QED) is 0.0987. The van der Waals surface area contributed by atoms with E-state index >= 15 is 0 Å². The number of rotatable bonds is 10. The maximum atomic E-state index is 14.2. The molecular formula is C39H62N2O15S. The second-order valence-corrected chi connectivity index (χ2v) is 18.2. The van der Waals surface area contributed by atoms with Gasteiger partial charge in [0.25, 0.3) is 0 Å². The Bertz CT molecular complexity index is 1650. The molecule has 1 aromatic carbocycles. The number of hydrogen-bond acceptors (Lipinski definition) is 16. The van der Waals surface area contributed by atoms with Crippen LogP contribution in [0.15, 0.2) is 40.4 Å². The Hall–Kier alpha value is -2.78. The molecule has 0 bridgehead atoms. The van der Waals surface area contributed by atoms with Crippen molar-refractivity contribution < 1.29 is 71.7 Å². The first-order valence-corrected chi connectivity index (χ1v) is 21.0. The monoisotopic (exact) mass is 830 g/mol. The van der Waals surface area contributed by atoms with E-state index in [0.717, 1.165) is 6.21 Å². The first-order chi connectivity index (χ1) is 26.5. The third-order valence-corrected chi connectivity index (χ3v) is 13.1. The van der Waals surface area contributed by atoms with Crippen LogP contribution in [0.2, 0.25) is 0 Å². The average Bonchev–Trinajstić information content (AvgIpc) is 3.14. The number of esters is 2. The van der Waals surface area contributed by atoms with Crippen LogP contribution in [-0.2, 0) is 52.8 Å². The normalized spacial score (nSPS) is 43.0. The second-order valence-electron chi connectivity index (χ2n) is 16.5. The minimum absolute atomic E-state index is 0.00893. The summed E-state index contributed by atoms with van der Waals surface area (Å²) in [5, 5.41) is 47.7. The van der Waals surface area contributed by atoms with Crippen LogP contribution in [0.1, 0.15) is 88.0 Å². The van der Waals surface area contributed by atoms with Crippen molar-refractivity contribution in [1.29, 1.82) is 0 Å². The molecule has 0 aliphatic carbocycles. The van der Waals surface area contributed by atoms with E-state index < -0.39 is 118 Å². The van der Waals surface area contributed by atoms with E-state index in [0.29, 0.717) is 0 Å². The topological polar surface area (TPSA) is 238 Å². The fourth-order valence-electron chi connectivity index (χ4n) is 8.18. The highest BCUT2D eigenvalue weighted by molar-refractivity contribution is 7.89. The molecule has 18 heteroatoms. The van der Waals surface area contributed by atoms with Crippen molar-refractivity contribution in [3.8, 4) is 0 Å². The number of methoxy groups -OCH3 is 1. The molecule has 0 amide bonds. The number of benzene rings is 1. The predicted molar refractivity (Wildman–Crippen MR) is 203 cm³/mol. The molecule has 0 aromatic heterocycles. The number of cyclic esters (lactones) is 2. The summed E-state index contributed by atoms with van der Waals surface area (Å²) in [5.41, 5.74) is -4.79. The molecule has 0 radical (unpaired) electrons. The number of aliphatic hydroxyl groups is 3. The molecule has 3 saturated heterocycles. The van der Waals surface area contributed by atoms with Crippen LogP contribution in [0.3, 0.4) is 0 Å². The van der Waals surface area contributed by atoms with Gasteiger partial charge in [-0.25, -0.2) is 13.1 Å². The van der Waals surface area contributed by atoms with Gasteiger partial charge in [0.1, 0.15) is 18.3 Å². The average molecular weight is 831 g/mol. The third-order valence-electron chi connectivity index (χ3n) is 11.6. The molecule has 16 atom stereocenters. The lowest BCUT2D eigenvalue weighted by Crippen LogP contribution is -2.61. The number of sulfonamides is 1. The zero-order chi connectivity index (χ0) is 42.7. The Morgan fingerprint density at radius 1 is 0.982 bits per heavy atom. The molecule has 1 aromatic rings. The number of ether oxygens (including phenoxy) is 7. The van der Waals surface area contributed by atoms with Crippen molar-refractivity contribution in [2.24, 2.45) is 22.9 Å². The zero-order valence-electron chi connectivity index (χ0n) is 34.4. The summed E-state index contributed by atoms with van der Waals surface area (Å²) in [6, 6.07) is 6.58. The van der Waals surface area contributed by atoms with Crippen LogP contribution >= 0.6 is 0 Å². The van der Waals surface area contributed by atoms with E-state index in [1.807, 2.05) is 0 Å². The third kappa shape index (κ3) is 10.7. The maximum absolute atomic E-state index is 14.2. The highest BCUT2D eigenvalue weighted by atomic mass is 32.2. The Morgan fingerprint density at radius 2 is 1.63 bits per heavy atom. The number of aliphatic hydroxyl groups excluding tert-OH is 2. The fourth-order valence-corrected chi connectivity index (χ4v) is 9.47. The number of hydrogen-bond donors (Lipinski definition) is 5. The van der Waals surface area contributed by atoms with Crippen LogP contribution in [-0.4, -0.2) is 132 Å². The van der Waals surface area contributed by atoms with Gasteiger partial charge < -0.3 is 53.7 Å². The minimum atomic E-state index is -4.09. The first-order valence-electron chi connectivity index (χ1n) is 19.5. The van der Waals surface area contributed by atoms with Crippen LogP contribution in [0.4, 0.5) is 0 Å². The molecule has 4 rings (SSSR count). The predicted octanol–water partition coefficient (Wildman–Crippen LogP) is 2.65. The molecular weight excluding hydrogens is 768 g/mol. The van der Waals surface area contributed by atoms with Gasteiger partial charge in [-0.05, 0) is 72.9 Å². The molecule has 0 unspecified atom stereocenters. The number of nitrogens with one attached hydrogen (secondary N) is 1. The minimum Gasteiger partial charge on any atom is -0.457 e. The summed E-state index contributed by atoms with van der Waals surface area (Å²) < 4.78 is 72.1. The molecule has 0 saturated carbocycles. The molecule has 3 aliphatic rings. The lowest BCUT2D eigenvalue weighted by molar-refractivity contribution is -0.315. The van der Waals surface area contributed by atoms with Crippen LogP contribution in [0.25, 0.3) is 0 Å². The summed E-state index contributed by atoms with van der Waals surface area (Å²) in [6.07, 6.45) is -9.34. The number of oxime groups is 1. The van der Waals surface area contributed by atoms with E-state index in [9.17, 15) is 38.5 Å². The van der Waals surface area contributed by atoms with Crippen molar-refractivity contribution in [1.82, 2.24) is 4.72 Å². The lowest BCUT2D eigenvalue weighted by Gasteiger charge is -2.48. The van der Waals surface area contributed by atoms with E-state index in [1.165, 1.54) is 40.0 Å². The Kier molecular flexibility index (Phi) is 15.3. The number of nitrogens with zero attached hydrogens (tertiary/aromatic N) is 1. The van der Waals surface area contributed by atoms with Gasteiger partial charge in [0.05, 0.1) is 64.6 Å². The molecule has 0 spiro atoms. The first kappa shape index (κ1) is 46.9. The Balaban J connectivity index is 1.80. The summed E-state index contributed by atoms with van der Waals surface area (Å²) >= 11 is 0. The van der Waals surface area contributed by atoms with Crippen LogP contribution in [0, 0.1) is 17.8 Å². The number of carbonyl (C=O) groups is 2. The molecule has 324 valence electrons. The SMILES string of the molecule is CC[C@H]1OC(=O)[C@H](C)[C@@H](O[C@H]2C[C@@](C)(OC)[C@@H](O)[C@H](C)O2)[C@H](C)[C@@H](O[C@@H]2O[C@H](C)C[C@H](NS(=O)(=O)c3ccccc3)[C@H]2O)[C@](C)(O)C[C@@H](C)C(=O)O[C@]1(C)/C=N/O. The lowest BCUT2D eigenvalue weighted by atomic mass is 9.77. The molecule has 3 fully saturated rings. The smallest absolute Gasteiger partial charge is 0.311 e. The van der Waals surface area contributed by atoms with Gasteiger partial charge >= 0.3 is 11.9 Å². The molecule has 3 aliphatic heterocycles. The van der Waals surface area contributed by atoms with Gasteiger partial charge in [0.2, 0.25) is 10.0 Å². The summed E-state index contributed by atoms with van der Waals surface area (Å²) in [7, 11) is -2.64. The van der Waals surface area contributed by atoms with Crippen molar-refractivity contribution in [3.63, 3.8) is 0 Å². The summed E-state index contributed by atoms with van der Waals surface area (Å²) in [6.45, 7) is 14.3. The Morgan fingerprint density at radius 3 is 2.23 bits per heavy atom. The van der Waals surface area contributed by atoms with Gasteiger partial charge in [0.15, 0.2) is 18.2 Å². The van der Waals surface area contributed by atoms with Crippen LogP contribution in [0.5, 0.6) is 0 Å². The van der Waals surface area contributed by atoms with E-state index in [2.05, 4.69) is 9.88 Å². The van der Waals surface area contributed by atoms with Gasteiger partial charge in [-0.2, -0.15) is 0 Å². The van der Waals surface area contributed by atoms with Gasteiger partial charge in [-0.3, -0.25) is 9.59 Å². The summed E-state index contributed by atoms with van der Waals surface area (Å²) in [4.78, 5) is 27.8. The van der Waals surface area contributed by atoms with Gasteiger partial charge in [-0.15, -0.1) is 0 Å². The second kappa shape index (κ2) is 18.6.